The van der Waals surface area contributed by atoms with E-state index < -0.39 is 0 Å². The minimum absolute atomic E-state index is 0.269. The Hall–Kier alpha value is -0.450. The minimum atomic E-state index is 0.269. The van der Waals surface area contributed by atoms with Crippen molar-refractivity contribution in [1.82, 2.24) is 10.3 Å². The highest BCUT2D eigenvalue weighted by molar-refractivity contribution is 9.10. The van der Waals surface area contributed by atoms with Crippen molar-refractivity contribution in [3.63, 3.8) is 0 Å². The van der Waals surface area contributed by atoms with E-state index in [4.69, 9.17) is 4.74 Å². The smallest absolute Gasteiger partial charge is 0.0587 e. The lowest BCUT2D eigenvalue weighted by Crippen LogP contribution is -2.35. The highest BCUT2D eigenvalue weighted by Crippen LogP contribution is 2.28. The number of nitrogens with one attached hydrogen (secondary N) is 1. The predicted molar refractivity (Wildman–Crippen MR) is 83.4 cm³/mol. The first-order valence-corrected chi connectivity index (χ1v) is 7.68. The molecule has 0 radical (unpaired) electrons. The number of hydrogen-bond donors (Lipinski definition) is 1. The maximum Gasteiger partial charge on any atom is 0.0587 e. The highest BCUT2D eigenvalue weighted by atomic mass is 79.9. The van der Waals surface area contributed by atoms with Gasteiger partial charge >= 0.3 is 0 Å². The fourth-order valence-electron chi connectivity index (χ4n) is 2.45. The molecule has 0 spiro atoms. The number of ether oxygens (including phenoxy) is 1. The molecule has 1 unspecified atom stereocenters. The van der Waals surface area contributed by atoms with Crippen LogP contribution in [0.4, 0.5) is 0 Å². The number of rotatable bonds is 9. The molecule has 19 heavy (non-hydrogen) atoms. The van der Waals surface area contributed by atoms with Crippen LogP contribution in [-0.4, -0.2) is 31.8 Å². The van der Waals surface area contributed by atoms with Crippen LogP contribution in [0.25, 0.3) is 0 Å². The van der Waals surface area contributed by atoms with Gasteiger partial charge in [-0.2, -0.15) is 0 Å². The fourth-order valence-corrected chi connectivity index (χ4v) is 2.86. The molecule has 1 N–H and O–H groups in total. The van der Waals surface area contributed by atoms with Gasteiger partial charge < -0.3 is 10.1 Å². The van der Waals surface area contributed by atoms with E-state index in [1.807, 2.05) is 12.4 Å². The zero-order chi connectivity index (χ0) is 14.1. The maximum atomic E-state index is 5.07. The van der Waals surface area contributed by atoms with Crippen LogP contribution in [0.1, 0.15) is 32.3 Å². The Morgan fingerprint density at radius 3 is 2.84 bits per heavy atom. The normalized spacial score (nSPS) is 14.3. The molecule has 0 aliphatic rings. The van der Waals surface area contributed by atoms with Crippen molar-refractivity contribution in [2.24, 2.45) is 5.41 Å². The summed E-state index contributed by atoms with van der Waals surface area (Å²) < 4.78 is 6.12. The van der Waals surface area contributed by atoms with Gasteiger partial charge in [0, 0.05) is 37.1 Å². The van der Waals surface area contributed by atoms with E-state index in [1.165, 1.54) is 18.4 Å². The van der Waals surface area contributed by atoms with Gasteiger partial charge in [0.25, 0.3) is 0 Å². The zero-order valence-corrected chi connectivity index (χ0v) is 13.8. The van der Waals surface area contributed by atoms with Crippen LogP contribution in [0.3, 0.4) is 0 Å². The summed E-state index contributed by atoms with van der Waals surface area (Å²) in [7, 11) is 1.74. The second-order valence-corrected chi connectivity index (χ2v) is 6.33. The lowest BCUT2D eigenvalue weighted by molar-refractivity contribution is 0.190. The first-order chi connectivity index (χ1) is 9.09. The van der Waals surface area contributed by atoms with Crippen molar-refractivity contribution in [1.29, 1.82) is 0 Å². The topological polar surface area (TPSA) is 34.1 Å². The number of aromatic nitrogens is 1. The standard InChI is InChI=1S/C15H25BrN2O/c1-4-5-15(2,12-17-6-7-19-3)9-13-8-14(16)11-18-10-13/h8,10-11,17H,4-7,9,12H2,1-3H3. The van der Waals surface area contributed by atoms with Gasteiger partial charge in [-0.3, -0.25) is 4.98 Å². The Kier molecular flexibility index (Phi) is 7.57. The van der Waals surface area contributed by atoms with Crippen LogP contribution < -0.4 is 5.32 Å². The predicted octanol–water partition coefficient (Wildman–Crippen LogP) is 3.43. The van der Waals surface area contributed by atoms with E-state index in [9.17, 15) is 0 Å². The zero-order valence-electron chi connectivity index (χ0n) is 12.2. The van der Waals surface area contributed by atoms with E-state index in [0.29, 0.717) is 0 Å². The highest BCUT2D eigenvalue weighted by Gasteiger charge is 2.23. The number of nitrogens with zero attached hydrogens (tertiary/aromatic N) is 1. The SMILES string of the molecule is CCCC(C)(CNCCOC)Cc1cncc(Br)c1. The summed E-state index contributed by atoms with van der Waals surface area (Å²) in [5, 5.41) is 3.49. The fraction of sp³-hybridized carbons (Fsp3) is 0.667. The first kappa shape index (κ1) is 16.6. The molecule has 0 aromatic carbocycles. The van der Waals surface area contributed by atoms with Crippen LogP contribution in [0.5, 0.6) is 0 Å². The van der Waals surface area contributed by atoms with Crippen molar-refractivity contribution >= 4 is 15.9 Å². The summed E-state index contributed by atoms with van der Waals surface area (Å²) in [4.78, 5) is 4.25. The van der Waals surface area contributed by atoms with Gasteiger partial charge in [0.2, 0.25) is 0 Å². The van der Waals surface area contributed by atoms with E-state index in [0.717, 1.165) is 30.6 Å². The number of methoxy groups -OCH3 is 1. The summed E-state index contributed by atoms with van der Waals surface area (Å²) in [5.41, 5.74) is 1.56. The molecule has 3 nitrogen and oxygen atoms in total. The molecule has 4 heteroatoms. The maximum absolute atomic E-state index is 5.07. The molecule has 0 aliphatic carbocycles. The van der Waals surface area contributed by atoms with Gasteiger partial charge in [-0.25, -0.2) is 0 Å². The third-order valence-electron chi connectivity index (χ3n) is 3.28. The summed E-state index contributed by atoms with van der Waals surface area (Å²) in [6.07, 6.45) is 7.25. The van der Waals surface area contributed by atoms with Crippen molar-refractivity contribution in [2.75, 3.05) is 26.8 Å². The van der Waals surface area contributed by atoms with Crippen molar-refractivity contribution in [3.05, 3.63) is 28.5 Å². The van der Waals surface area contributed by atoms with Crippen LogP contribution in [0, 0.1) is 5.41 Å². The van der Waals surface area contributed by atoms with E-state index in [-0.39, 0.29) is 5.41 Å². The second kappa shape index (κ2) is 8.67. The Morgan fingerprint density at radius 1 is 1.42 bits per heavy atom. The molecule has 1 atom stereocenters. The van der Waals surface area contributed by atoms with Crippen LogP contribution in [0.2, 0.25) is 0 Å². The van der Waals surface area contributed by atoms with Crippen molar-refractivity contribution in [2.45, 2.75) is 33.1 Å². The van der Waals surface area contributed by atoms with Gasteiger partial charge in [0.05, 0.1) is 6.61 Å². The molecule has 1 rings (SSSR count). The first-order valence-electron chi connectivity index (χ1n) is 6.89. The minimum Gasteiger partial charge on any atom is -0.383 e. The van der Waals surface area contributed by atoms with Crippen molar-refractivity contribution in [3.8, 4) is 0 Å². The average Bonchev–Trinajstić information content (AvgIpc) is 2.35. The summed E-state index contributed by atoms with van der Waals surface area (Å²) >= 11 is 3.49. The van der Waals surface area contributed by atoms with Gasteiger partial charge in [-0.1, -0.05) is 20.3 Å². The molecule has 0 bridgehead atoms. The van der Waals surface area contributed by atoms with Crippen LogP contribution in [0.15, 0.2) is 22.9 Å². The summed E-state index contributed by atoms with van der Waals surface area (Å²) in [5.74, 6) is 0. The molecular weight excluding hydrogens is 304 g/mol. The average molecular weight is 329 g/mol. The molecule has 108 valence electrons. The van der Waals surface area contributed by atoms with Crippen LogP contribution in [-0.2, 0) is 11.2 Å². The van der Waals surface area contributed by atoms with Gasteiger partial charge in [0.15, 0.2) is 0 Å². The van der Waals surface area contributed by atoms with Crippen LogP contribution >= 0.6 is 15.9 Å². The van der Waals surface area contributed by atoms with Crippen molar-refractivity contribution < 1.29 is 4.74 Å². The number of pyridine rings is 1. The molecule has 0 aliphatic heterocycles. The summed E-state index contributed by atoms with van der Waals surface area (Å²) in [6.45, 7) is 7.27. The molecule has 1 heterocycles. The van der Waals surface area contributed by atoms with Gasteiger partial charge in [-0.15, -0.1) is 0 Å². The van der Waals surface area contributed by atoms with E-state index in [1.54, 1.807) is 7.11 Å². The summed E-state index contributed by atoms with van der Waals surface area (Å²) in [6, 6.07) is 2.16. The Balaban J connectivity index is 2.59. The number of hydrogen-bond acceptors (Lipinski definition) is 3. The second-order valence-electron chi connectivity index (χ2n) is 5.42. The lowest BCUT2D eigenvalue weighted by Gasteiger charge is -2.30. The Labute approximate surface area is 125 Å². The third-order valence-corrected chi connectivity index (χ3v) is 3.71. The molecular formula is C15H25BrN2O. The molecule has 0 fully saturated rings. The molecule has 0 saturated heterocycles. The largest absolute Gasteiger partial charge is 0.383 e. The Bertz CT molecular complexity index is 373. The molecule has 1 aromatic rings. The monoisotopic (exact) mass is 328 g/mol. The van der Waals surface area contributed by atoms with Gasteiger partial charge in [0.1, 0.15) is 0 Å². The van der Waals surface area contributed by atoms with E-state index in [2.05, 4.69) is 46.1 Å². The molecule has 0 saturated carbocycles. The molecule has 1 aromatic heterocycles. The molecule has 0 amide bonds. The van der Waals surface area contributed by atoms with E-state index >= 15 is 0 Å². The lowest BCUT2D eigenvalue weighted by atomic mass is 9.80. The third kappa shape index (κ3) is 6.50. The quantitative estimate of drug-likeness (QED) is 0.705. The number of halogens is 1. The van der Waals surface area contributed by atoms with Gasteiger partial charge in [-0.05, 0) is 45.8 Å². The Morgan fingerprint density at radius 2 is 2.21 bits per heavy atom.